The number of rotatable bonds is 5. The Morgan fingerprint density at radius 3 is 2.48 bits per heavy atom. The van der Waals surface area contributed by atoms with Gasteiger partial charge in [0.05, 0.1) is 5.54 Å². The van der Waals surface area contributed by atoms with Crippen molar-refractivity contribution in [3.05, 3.63) is 12.2 Å². The molecule has 0 spiro atoms. The maximum atomic E-state index is 9.11. The predicted octanol–water partition coefficient (Wildman–Crippen LogP) is 2.31. The van der Waals surface area contributed by atoms with Crippen molar-refractivity contribution in [3.8, 4) is 0 Å². The molecule has 0 radical (unpaired) electrons. The van der Waals surface area contributed by atoms with E-state index in [2.05, 4.69) is 19.7 Å². The van der Waals surface area contributed by atoms with E-state index in [1.807, 2.05) is 0 Å². The lowest BCUT2D eigenvalue weighted by molar-refractivity contribution is 0.0193. The minimum absolute atomic E-state index is 0.102. The van der Waals surface area contributed by atoms with Crippen LogP contribution in [0.25, 0.3) is 0 Å². The van der Waals surface area contributed by atoms with E-state index in [4.69, 9.17) is 5.11 Å². The molecule has 5 nitrogen and oxygen atoms in total. The summed E-state index contributed by atoms with van der Waals surface area (Å²) in [7, 11) is 0. The Morgan fingerprint density at radius 2 is 1.76 bits per heavy atom. The monoisotopic (exact) mass is 292 g/mol. The number of nitrogens with zero attached hydrogens (tertiary/aromatic N) is 4. The van der Waals surface area contributed by atoms with Crippen molar-refractivity contribution < 1.29 is 5.11 Å². The zero-order valence-corrected chi connectivity index (χ0v) is 13.0. The molecule has 0 aromatic carbocycles. The van der Waals surface area contributed by atoms with Gasteiger partial charge in [-0.25, -0.2) is 9.67 Å². The van der Waals surface area contributed by atoms with Crippen LogP contribution in [0.1, 0.15) is 63.6 Å². The largest absolute Gasteiger partial charge is 0.396 e. The molecule has 0 unspecified atom stereocenters. The van der Waals surface area contributed by atoms with E-state index >= 15 is 0 Å². The minimum Gasteiger partial charge on any atom is -0.396 e. The molecule has 1 aliphatic heterocycles. The third-order valence-electron chi connectivity index (χ3n) is 5.20. The van der Waals surface area contributed by atoms with Gasteiger partial charge in [0.25, 0.3) is 0 Å². The fourth-order valence-electron chi connectivity index (χ4n) is 4.15. The van der Waals surface area contributed by atoms with Gasteiger partial charge in [-0.05, 0) is 45.2 Å². The maximum Gasteiger partial charge on any atom is 0.147 e. The summed E-state index contributed by atoms with van der Waals surface area (Å²) < 4.78 is 2.05. The standard InChI is InChI=1S/C16H28N4O/c21-13-7-12-20-15(17-14-18-20)16(8-3-1-4-9-16)19-10-5-2-6-11-19/h14,21H,1-13H2. The molecule has 2 aliphatic rings. The topological polar surface area (TPSA) is 54.2 Å². The summed E-state index contributed by atoms with van der Waals surface area (Å²) in [5.74, 6) is 1.15. The second-order valence-corrected chi connectivity index (χ2v) is 6.52. The van der Waals surface area contributed by atoms with Crippen LogP contribution in [0, 0.1) is 0 Å². The van der Waals surface area contributed by atoms with Crippen LogP contribution in [-0.2, 0) is 12.1 Å². The fourth-order valence-corrected chi connectivity index (χ4v) is 4.15. The van der Waals surface area contributed by atoms with Crippen LogP contribution in [0.4, 0.5) is 0 Å². The summed E-state index contributed by atoms with van der Waals surface area (Å²) >= 11 is 0. The normalized spacial score (nSPS) is 23.3. The van der Waals surface area contributed by atoms with Crippen molar-refractivity contribution >= 4 is 0 Å². The van der Waals surface area contributed by atoms with Crippen LogP contribution in [-0.4, -0.2) is 44.5 Å². The Bertz CT molecular complexity index is 433. The molecule has 1 saturated heterocycles. The Balaban J connectivity index is 1.89. The highest BCUT2D eigenvalue weighted by molar-refractivity contribution is 5.09. The van der Waals surface area contributed by atoms with Crippen molar-refractivity contribution in [2.75, 3.05) is 19.7 Å². The van der Waals surface area contributed by atoms with Gasteiger partial charge in [-0.15, -0.1) is 0 Å². The smallest absolute Gasteiger partial charge is 0.147 e. The van der Waals surface area contributed by atoms with Gasteiger partial charge in [-0.3, -0.25) is 4.90 Å². The number of aryl methyl sites for hydroxylation is 1. The fraction of sp³-hybridized carbons (Fsp3) is 0.875. The number of piperidine rings is 1. The number of hydrogen-bond donors (Lipinski definition) is 1. The van der Waals surface area contributed by atoms with E-state index in [9.17, 15) is 0 Å². The SMILES string of the molecule is OCCCn1ncnc1C1(N2CCCCC2)CCCCC1. The second-order valence-electron chi connectivity index (χ2n) is 6.52. The molecule has 21 heavy (non-hydrogen) atoms. The van der Waals surface area contributed by atoms with Crippen molar-refractivity contribution in [3.63, 3.8) is 0 Å². The zero-order valence-electron chi connectivity index (χ0n) is 13.0. The Hall–Kier alpha value is -0.940. The predicted molar refractivity (Wildman–Crippen MR) is 81.9 cm³/mol. The maximum absolute atomic E-state index is 9.11. The molecule has 2 heterocycles. The van der Waals surface area contributed by atoms with Crippen LogP contribution < -0.4 is 0 Å². The summed E-state index contributed by atoms with van der Waals surface area (Å²) in [6.45, 7) is 3.40. The molecule has 0 atom stereocenters. The quantitative estimate of drug-likeness (QED) is 0.905. The van der Waals surface area contributed by atoms with E-state index < -0.39 is 0 Å². The van der Waals surface area contributed by atoms with E-state index in [0.29, 0.717) is 0 Å². The molecule has 3 rings (SSSR count). The number of aliphatic hydroxyl groups is 1. The van der Waals surface area contributed by atoms with Crippen LogP contribution in [0.3, 0.4) is 0 Å². The lowest BCUT2D eigenvalue weighted by atomic mass is 9.78. The van der Waals surface area contributed by atoms with Crippen molar-refractivity contribution in [1.82, 2.24) is 19.7 Å². The third-order valence-corrected chi connectivity index (χ3v) is 5.20. The molecule has 0 amide bonds. The number of hydrogen-bond acceptors (Lipinski definition) is 4. The van der Waals surface area contributed by atoms with Gasteiger partial charge in [0.15, 0.2) is 0 Å². The van der Waals surface area contributed by atoms with Gasteiger partial charge in [-0.2, -0.15) is 5.10 Å². The first-order chi connectivity index (χ1) is 10.4. The highest BCUT2D eigenvalue weighted by Crippen LogP contribution is 2.42. The Kier molecular flexibility index (Phi) is 4.91. The first kappa shape index (κ1) is 15.0. The molecular weight excluding hydrogens is 264 g/mol. The Morgan fingerprint density at radius 1 is 1.05 bits per heavy atom. The van der Waals surface area contributed by atoms with Gasteiger partial charge >= 0.3 is 0 Å². The lowest BCUT2D eigenvalue weighted by Gasteiger charge is -2.47. The highest BCUT2D eigenvalue weighted by Gasteiger charge is 2.43. The van der Waals surface area contributed by atoms with E-state index in [-0.39, 0.29) is 12.1 Å². The van der Waals surface area contributed by atoms with Crippen LogP contribution in [0.5, 0.6) is 0 Å². The van der Waals surface area contributed by atoms with Crippen LogP contribution >= 0.6 is 0 Å². The van der Waals surface area contributed by atoms with Crippen molar-refractivity contribution in [2.45, 2.75) is 69.9 Å². The molecule has 118 valence electrons. The molecular formula is C16H28N4O. The van der Waals surface area contributed by atoms with Gasteiger partial charge in [0.2, 0.25) is 0 Å². The van der Waals surface area contributed by atoms with E-state index in [1.165, 1.54) is 64.5 Å². The first-order valence-corrected chi connectivity index (χ1v) is 8.61. The van der Waals surface area contributed by atoms with Crippen LogP contribution in [0.15, 0.2) is 6.33 Å². The summed E-state index contributed by atoms with van der Waals surface area (Å²) in [5, 5.41) is 13.5. The average molecular weight is 292 g/mol. The van der Waals surface area contributed by atoms with Crippen molar-refractivity contribution in [2.24, 2.45) is 0 Å². The first-order valence-electron chi connectivity index (χ1n) is 8.61. The molecule has 1 N–H and O–H groups in total. The summed E-state index contributed by atoms with van der Waals surface area (Å²) in [6.07, 6.45) is 12.8. The van der Waals surface area contributed by atoms with Gasteiger partial charge in [0, 0.05) is 13.2 Å². The van der Waals surface area contributed by atoms with Crippen LogP contribution in [0.2, 0.25) is 0 Å². The van der Waals surface area contributed by atoms with Gasteiger partial charge < -0.3 is 5.11 Å². The molecule has 1 saturated carbocycles. The second kappa shape index (κ2) is 6.88. The highest BCUT2D eigenvalue weighted by atomic mass is 16.3. The molecule has 1 aromatic heterocycles. The molecule has 0 bridgehead atoms. The van der Waals surface area contributed by atoms with Gasteiger partial charge in [0.1, 0.15) is 12.2 Å². The summed E-state index contributed by atoms with van der Waals surface area (Å²) in [5.41, 5.74) is 0.102. The molecule has 2 fully saturated rings. The van der Waals surface area contributed by atoms with Crippen molar-refractivity contribution in [1.29, 1.82) is 0 Å². The third kappa shape index (κ3) is 2.99. The average Bonchev–Trinajstić information content (AvgIpc) is 3.03. The van der Waals surface area contributed by atoms with Gasteiger partial charge in [-0.1, -0.05) is 25.7 Å². The number of likely N-dealkylation sites (tertiary alicyclic amines) is 1. The molecule has 1 aliphatic carbocycles. The number of aromatic nitrogens is 3. The lowest BCUT2D eigenvalue weighted by Crippen LogP contribution is -2.51. The Labute approximate surface area is 127 Å². The minimum atomic E-state index is 0.102. The number of aliphatic hydroxyl groups excluding tert-OH is 1. The summed E-state index contributed by atoms with van der Waals surface area (Å²) in [4.78, 5) is 7.36. The molecule has 5 heteroatoms. The zero-order chi connectivity index (χ0) is 14.5. The van der Waals surface area contributed by atoms with E-state index in [1.54, 1.807) is 6.33 Å². The van der Waals surface area contributed by atoms with E-state index in [0.717, 1.165) is 18.8 Å². The molecule has 1 aromatic rings. The summed E-state index contributed by atoms with van der Waals surface area (Å²) in [6, 6.07) is 0.